The maximum Gasteiger partial charge on any atom is 0.307 e. The van der Waals surface area contributed by atoms with Crippen molar-refractivity contribution in [3.8, 4) is 11.1 Å². The summed E-state index contributed by atoms with van der Waals surface area (Å²) in [6.45, 7) is 19.3. The zero-order valence-corrected chi connectivity index (χ0v) is 29.6. The van der Waals surface area contributed by atoms with Gasteiger partial charge >= 0.3 is 5.97 Å². The molecule has 0 bridgehead atoms. The highest BCUT2D eigenvalue weighted by molar-refractivity contribution is 5.86. The Morgan fingerprint density at radius 1 is 0.958 bits per heavy atom. The number of carbonyl (C=O) groups is 1. The molecule has 2 fully saturated rings. The molecule has 2 aromatic heterocycles. The number of aliphatic carboxylic acids is 1. The van der Waals surface area contributed by atoms with E-state index >= 15 is 0 Å². The third-order valence-corrected chi connectivity index (χ3v) is 9.23. The minimum atomic E-state index is -0.844. The van der Waals surface area contributed by atoms with Crippen molar-refractivity contribution in [2.24, 2.45) is 5.41 Å². The number of aryl methyl sites for hydroxylation is 2. The van der Waals surface area contributed by atoms with Gasteiger partial charge in [-0.15, -0.1) is 0 Å². The molecular weight excluding hydrogens is 611 g/mol. The first kappa shape index (κ1) is 35.5. The zero-order valence-electron chi connectivity index (χ0n) is 29.6. The number of nitrogens with zero attached hydrogens (tertiary/aromatic N) is 6. The molecule has 1 aromatic carbocycles. The van der Waals surface area contributed by atoms with Crippen LogP contribution in [0.3, 0.4) is 0 Å². The second-order valence-electron chi connectivity index (χ2n) is 15.0. The van der Waals surface area contributed by atoms with Gasteiger partial charge in [0.1, 0.15) is 0 Å². The van der Waals surface area contributed by atoms with Crippen LogP contribution in [0.5, 0.6) is 0 Å². The van der Waals surface area contributed by atoms with Crippen molar-refractivity contribution >= 4 is 23.4 Å². The summed E-state index contributed by atoms with van der Waals surface area (Å²) in [5, 5.41) is 18.3. The van der Waals surface area contributed by atoms with Crippen LogP contribution in [0.1, 0.15) is 75.5 Å². The van der Waals surface area contributed by atoms with Crippen LogP contribution in [0.25, 0.3) is 11.1 Å². The van der Waals surface area contributed by atoms with Crippen molar-refractivity contribution in [2.75, 3.05) is 60.6 Å². The van der Waals surface area contributed by atoms with Crippen LogP contribution >= 0.6 is 0 Å². The number of piperidine rings is 1. The molecule has 0 saturated carbocycles. The summed E-state index contributed by atoms with van der Waals surface area (Å²) in [6.07, 6.45) is 4.13. The number of aliphatic hydroxyl groups is 1. The molecule has 0 radical (unpaired) electrons. The third kappa shape index (κ3) is 8.60. The normalized spacial score (nSPS) is 17.8. The van der Waals surface area contributed by atoms with Crippen molar-refractivity contribution in [1.29, 1.82) is 0 Å². The van der Waals surface area contributed by atoms with E-state index in [9.17, 15) is 14.3 Å². The fourth-order valence-electron chi connectivity index (χ4n) is 6.64. The van der Waals surface area contributed by atoms with Crippen LogP contribution in [0.4, 0.5) is 21.8 Å². The minimum Gasteiger partial charge on any atom is -0.481 e. The summed E-state index contributed by atoms with van der Waals surface area (Å²) in [6, 6.07) is 6.54. The van der Waals surface area contributed by atoms with Crippen LogP contribution < -0.4 is 14.7 Å². The van der Waals surface area contributed by atoms with Gasteiger partial charge in [0, 0.05) is 61.8 Å². The molecule has 5 heterocycles. The summed E-state index contributed by atoms with van der Waals surface area (Å²) in [7, 11) is 0. The predicted molar refractivity (Wildman–Crippen MR) is 187 cm³/mol. The van der Waals surface area contributed by atoms with Gasteiger partial charge in [-0.25, -0.2) is 9.37 Å². The maximum atomic E-state index is 14.7. The van der Waals surface area contributed by atoms with E-state index in [1.165, 1.54) is 17.3 Å². The number of pyridine rings is 1. The number of morpholine rings is 1. The van der Waals surface area contributed by atoms with Gasteiger partial charge in [-0.3, -0.25) is 9.78 Å². The summed E-state index contributed by atoms with van der Waals surface area (Å²) < 4.78 is 20.1. The van der Waals surface area contributed by atoms with Crippen molar-refractivity contribution in [1.82, 2.24) is 15.0 Å². The second-order valence-corrected chi connectivity index (χ2v) is 15.0. The summed E-state index contributed by atoms with van der Waals surface area (Å²) in [5.74, 6) is -0.388. The maximum absolute atomic E-state index is 14.7. The average Bonchev–Trinajstić information content (AvgIpc) is 3.01. The topological polar surface area (TPSA) is 115 Å². The van der Waals surface area contributed by atoms with Gasteiger partial charge in [0.2, 0.25) is 5.95 Å². The number of carboxylic acid groups (broad SMARTS) is 1. The van der Waals surface area contributed by atoms with E-state index in [-0.39, 0.29) is 11.8 Å². The standard InChI is InChI=1S/C33H41FN6O3.C4H10O/c1-21-26(18-28(41)42)30(38-11-8-33(3,4)9-12-38)29(22(2)36-21)24-5-6-25-20-40(10-7-23(25)17-24)32-35-19-27(34)31(37-32)39-13-15-43-16-14-39;1-4(2,3)5/h5-6,17,19H,7-16,18,20H2,1-4H3,(H,41,42);5H,1-3H3. The number of rotatable bonds is 6. The third-order valence-electron chi connectivity index (χ3n) is 9.23. The first-order valence-corrected chi connectivity index (χ1v) is 17.0. The molecule has 48 heavy (non-hydrogen) atoms. The summed E-state index contributed by atoms with van der Waals surface area (Å²) in [4.78, 5) is 32.2. The van der Waals surface area contributed by atoms with E-state index in [1.54, 1.807) is 20.8 Å². The van der Waals surface area contributed by atoms with Crippen LogP contribution in [0.15, 0.2) is 24.4 Å². The SMILES string of the molecule is CC(C)(C)O.Cc1nc(C)c(-c2ccc3c(c2)CCN(c2ncc(F)c(N4CCOCC4)n2)C3)c(N2CCC(C)(C)CC2)c1CC(=O)O. The lowest BCUT2D eigenvalue weighted by atomic mass is 9.82. The van der Waals surface area contributed by atoms with Crippen LogP contribution in [-0.2, 0) is 28.9 Å². The van der Waals surface area contributed by atoms with Crippen molar-refractivity contribution < 1.29 is 24.1 Å². The Morgan fingerprint density at radius 3 is 2.27 bits per heavy atom. The van der Waals surface area contributed by atoms with E-state index in [4.69, 9.17) is 14.8 Å². The van der Waals surface area contributed by atoms with Crippen molar-refractivity contribution in [3.63, 3.8) is 0 Å². The van der Waals surface area contributed by atoms with Gasteiger partial charge in [0.25, 0.3) is 0 Å². The second kappa shape index (κ2) is 14.3. The molecule has 0 aliphatic carbocycles. The molecule has 2 N–H and O–H groups in total. The molecule has 0 atom stereocenters. The van der Waals surface area contributed by atoms with Gasteiger partial charge < -0.3 is 29.6 Å². The highest BCUT2D eigenvalue weighted by Gasteiger charge is 2.31. The molecule has 0 unspecified atom stereocenters. The lowest BCUT2D eigenvalue weighted by Crippen LogP contribution is -2.38. The van der Waals surface area contributed by atoms with Gasteiger partial charge in [-0.05, 0) is 76.0 Å². The van der Waals surface area contributed by atoms with Crippen LogP contribution in [-0.4, -0.2) is 82.7 Å². The number of carboxylic acids is 1. The van der Waals surface area contributed by atoms with E-state index in [2.05, 4.69) is 51.8 Å². The van der Waals surface area contributed by atoms with E-state index in [0.717, 1.165) is 66.1 Å². The van der Waals surface area contributed by atoms with E-state index in [1.807, 2.05) is 18.7 Å². The van der Waals surface area contributed by atoms with Gasteiger partial charge in [-0.2, -0.15) is 4.98 Å². The van der Waals surface area contributed by atoms with Crippen molar-refractivity contribution in [2.45, 2.75) is 86.3 Å². The number of fused-ring (bicyclic) bond motifs is 1. The van der Waals surface area contributed by atoms with Gasteiger partial charge in [-0.1, -0.05) is 32.0 Å². The molecule has 0 amide bonds. The van der Waals surface area contributed by atoms with E-state index in [0.29, 0.717) is 51.2 Å². The Morgan fingerprint density at radius 2 is 1.62 bits per heavy atom. The van der Waals surface area contributed by atoms with Gasteiger partial charge in [0.05, 0.1) is 37.1 Å². The number of benzene rings is 1. The number of ether oxygens (including phenoxy) is 1. The Hall–Kier alpha value is -3.83. The minimum absolute atomic E-state index is 0.0502. The molecule has 2 saturated heterocycles. The molecule has 260 valence electrons. The smallest absolute Gasteiger partial charge is 0.307 e. The Bertz CT molecular complexity index is 1620. The fraction of sp³-hybridized carbons (Fsp3) is 0.568. The number of halogens is 1. The van der Waals surface area contributed by atoms with Crippen LogP contribution in [0, 0.1) is 25.1 Å². The first-order valence-electron chi connectivity index (χ1n) is 17.0. The number of hydrogen-bond donors (Lipinski definition) is 2. The summed E-state index contributed by atoms with van der Waals surface area (Å²) >= 11 is 0. The molecule has 3 aliphatic heterocycles. The number of aromatic nitrogens is 3. The molecule has 3 aromatic rings. The predicted octanol–water partition coefficient (Wildman–Crippen LogP) is 5.72. The molecular formula is C37H51FN6O4. The fourth-order valence-corrected chi connectivity index (χ4v) is 6.64. The Labute approximate surface area is 284 Å². The zero-order chi connectivity index (χ0) is 34.8. The number of anilines is 3. The summed E-state index contributed by atoms with van der Waals surface area (Å²) in [5.41, 5.74) is 7.83. The molecule has 10 nitrogen and oxygen atoms in total. The lowest BCUT2D eigenvalue weighted by molar-refractivity contribution is -0.136. The van der Waals surface area contributed by atoms with Crippen molar-refractivity contribution in [3.05, 3.63) is 58.3 Å². The number of hydrogen-bond acceptors (Lipinski definition) is 9. The molecule has 6 rings (SSSR count). The highest BCUT2D eigenvalue weighted by atomic mass is 19.1. The quantitative estimate of drug-likeness (QED) is 0.340. The molecule has 11 heteroatoms. The average molecular weight is 663 g/mol. The Kier molecular flexibility index (Phi) is 10.6. The lowest BCUT2D eigenvalue weighted by Gasteiger charge is -2.40. The molecule has 0 spiro atoms. The largest absolute Gasteiger partial charge is 0.481 e. The Balaban J connectivity index is 0.000000840. The monoisotopic (exact) mass is 662 g/mol. The molecule has 3 aliphatic rings. The first-order chi connectivity index (χ1) is 22.6. The van der Waals surface area contributed by atoms with Gasteiger partial charge in [0.15, 0.2) is 11.6 Å². The van der Waals surface area contributed by atoms with E-state index < -0.39 is 17.4 Å². The van der Waals surface area contributed by atoms with Crippen LogP contribution in [0.2, 0.25) is 0 Å². The highest BCUT2D eigenvalue weighted by Crippen LogP contribution is 2.42.